The van der Waals surface area contributed by atoms with Crippen molar-refractivity contribution in [1.82, 2.24) is 14.5 Å². The molecule has 6 nitrogen and oxygen atoms in total. The van der Waals surface area contributed by atoms with Crippen LogP contribution in [0.4, 0.5) is 0 Å². The summed E-state index contributed by atoms with van der Waals surface area (Å²) in [5.74, 6) is 0.0426. The van der Waals surface area contributed by atoms with E-state index in [-0.39, 0.29) is 18.6 Å². The van der Waals surface area contributed by atoms with E-state index in [4.69, 9.17) is 9.84 Å². The molecular weight excluding hydrogens is 222 g/mol. The molecule has 0 spiro atoms. The van der Waals surface area contributed by atoms with Crippen molar-refractivity contribution < 1.29 is 14.6 Å². The molecule has 1 aromatic heterocycles. The maximum Gasteiger partial charge on any atom is 0.245 e. The van der Waals surface area contributed by atoms with E-state index in [2.05, 4.69) is 4.98 Å². The van der Waals surface area contributed by atoms with Crippen molar-refractivity contribution in [3.8, 4) is 0 Å². The number of carbonyl (C=O) groups is 1. The molecular formula is C11H17N3O3. The molecule has 1 amide bonds. The number of imidazole rings is 1. The summed E-state index contributed by atoms with van der Waals surface area (Å²) in [6, 6.07) is -0.335. The van der Waals surface area contributed by atoms with Gasteiger partial charge in [-0.2, -0.15) is 0 Å². The van der Waals surface area contributed by atoms with Crippen LogP contribution < -0.4 is 0 Å². The zero-order valence-electron chi connectivity index (χ0n) is 9.87. The Balaban J connectivity index is 2.08. The fraction of sp³-hybridized carbons (Fsp3) is 0.636. The van der Waals surface area contributed by atoms with Crippen LogP contribution in [0.3, 0.4) is 0 Å². The summed E-state index contributed by atoms with van der Waals surface area (Å²) in [7, 11) is 0. The highest BCUT2D eigenvalue weighted by Gasteiger charge is 2.24. The molecule has 0 aliphatic carbocycles. The molecule has 6 heteroatoms. The lowest BCUT2D eigenvalue weighted by Crippen LogP contribution is -2.43. The first kappa shape index (κ1) is 12.1. The van der Waals surface area contributed by atoms with Crippen LogP contribution in [0.25, 0.3) is 0 Å². The second kappa shape index (κ2) is 5.29. The van der Waals surface area contributed by atoms with E-state index in [0.717, 1.165) is 0 Å². The van der Waals surface area contributed by atoms with Crippen molar-refractivity contribution in [2.24, 2.45) is 0 Å². The van der Waals surface area contributed by atoms with E-state index in [0.29, 0.717) is 32.0 Å². The highest BCUT2D eigenvalue weighted by molar-refractivity contribution is 5.80. The standard InChI is InChI=1S/C11H17N3O3/c1-9(14-8-12-6-10(14)7-15)11(16)13-2-4-17-5-3-13/h6,8-9,15H,2-5,7H2,1H3. The lowest BCUT2D eigenvalue weighted by atomic mass is 10.2. The van der Waals surface area contributed by atoms with Crippen LogP contribution in [0.1, 0.15) is 18.7 Å². The molecule has 1 atom stereocenters. The second-order valence-corrected chi connectivity index (χ2v) is 4.06. The first-order chi connectivity index (χ1) is 8.24. The number of hydrogen-bond acceptors (Lipinski definition) is 4. The maximum absolute atomic E-state index is 12.2. The predicted octanol–water partition coefficient (Wildman–Crippen LogP) is -0.205. The smallest absolute Gasteiger partial charge is 0.245 e. The summed E-state index contributed by atoms with van der Waals surface area (Å²) >= 11 is 0. The zero-order chi connectivity index (χ0) is 12.3. The average Bonchev–Trinajstić information content (AvgIpc) is 2.86. The number of aromatic nitrogens is 2. The van der Waals surface area contributed by atoms with Crippen molar-refractivity contribution >= 4 is 5.91 Å². The Morgan fingerprint density at radius 2 is 2.29 bits per heavy atom. The van der Waals surface area contributed by atoms with E-state index in [1.165, 1.54) is 0 Å². The minimum Gasteiger partial charge on any atom is -0.390 e. The van der Waals surface area contributed by atoms with E-state index in [1.54, 1.807) is 22.0 Å². The number of aliphatic hydroxyl groups excluding tert-OH is 1. The van der Waals surface area contributed by atoms with Gasteiger partial charge in [-0.25, -0.2) is 4.98 Å². The summed E-state index contributed by atoms with van der Waals surface area (Å²) < 4.78 is 6.92. The molecule has 2 heterocycles. The van der Waals surface area contributed by atoms with Gasteiger partial charge in [-0.1, -0.05) is 0 Å². The number of hydrogen-bond donors (Lipinski definition) is 1. The highest BCUT2D eigenvalue weighted by Crippen LogP contribution is 2.14. The van der Waals surface area contributed by atoms with E-state index in [1.807, 2.05) is 6.92 Å². The third-order valence-electron chi connectivity index (χ3n) is 3.01. The van der Waals surface area contributed by atoms with E-state index >= 15 is 0 Å². The number of morpholine rings is 1. The fourth-order valence-electron chi connectivity index (χ4n) is 1.97. The monoisotopic (exact) mass is 239 g/mol. The Labute approximate surface area is 99.8 Å². The fourth-order valence-corrected chi connectivity index (χ4v) is 1.97. The molecule has 0 radical (unpaired) electrons. The normalized spacial score (nSPS) is 18.1. The third kappa shape index (κ3) is 2.48. The maximum atomic E-state index is 12.2. The third-order valence-corrected chi connectivity index (χ3v) is 3.01. The van der Waals surface area contributed by atoms with Crippen LogP contribution in [0.5, 0.6) is 0 Å². The van der Waals surface area contributed by atoms with Crippen LogP contribution >= 0.6 is 0 Å². The summed E-state index contributed by atoms with van der Waals surface area (Å²) in [6.07, 6.45) is 3.15. The molecule has 94 valence electrons. The van der Waals surface area contributed by atoms with Crippen molar-refractivity contribution in [2.75, 3.05) is 26.3 Å². The van der Waals surface area contributed by atoms with Gasteiger partial charge in [-0.15, -0.1) is 0 Å². The molecule has 1 aromatic rings. The zero-order valence-corrected chi connectivity index (χ0v) is 9.87. The Hall–Kier alpha value is -1.40. The molecule has 1 unspecified atom stereocenters. The van der Waals surface area contributed by atoms with Gasteiger partial charge in [0.05, 0.1) is 38.0 Å². The largest absolute Gasteiger partial charge is 0.390 e. The number of carbonyl (C=O) groups excluding carboxylic acids is 1. The first-order valence-corrected chi connectivity index (χ1v) is 5.72. The quantitative estimate of drug-likeness (QED) is 0.793. The molecule has 1 aliphatic rings. The Morgan fingerprint density at radius 3 is 2.94 bits per heavy atom. The molecule has 1 aliphatic heterocycles. The second-order valence-electron chi connectivity index (χ2n) is 4.06. The lowest BCUT2D eigenvalue weighted by Gasteiger charge is -2.30. The summed E-state index contributed by atoms with van der Waals surface area (Å²) in [5, 5.41) is 9.14. The molecule has 1 saturated heterocycles. The topological polar surface area (TPSA) is 67.6 Å². The number of ether oxygens (including phenoxy) is 1. The van der Waals surface area contributed by atoms with E-state index < -0.39 is 0 Å². The Kier molecular flexibility index (Phi) is 3.75. The van der Waals surface area contributed by atoms with Gasteiger partial charge in [0, 0.05) is 13.1 Å². The minimum atomic E-state index is -0.335. The van der Waals surface area contributed by atoms with Crippen molar-refractivity contribution in [3.05, 3.63) is 18.2 Å². The molecule has 17 heavy (non-hydrogen) atoms. The van der Waals surface area contributed by atoms with Crippen molar-refractivity contribution in [1.29, 1.82) is 0 Å². The van der Waals surface area contributed by atoms with Crippen LogP contribution in [-0.2, 0) is 16.1 Å². The SMILES string of the molecule is CC(C(=O)N1CCOCC1)n1cncc1CO. The summed E-state index contributed by atoms with van der Waals surface area (Å²) in [6.45, 7) is 4.16. The molecule has 1 N–H and O–H groups in total. The van der Waals surface area contributed by atoms with Crippen LogP contribution in [0, 0.1) is 0 Å². The Bertz CT molecular complexity index is 385. The van der Waals surface area contributed by atoms with Crippen LogP contribution in [0.2, 0.25) is 0 Å². The first-order valence-electron chi connectivity index (χ1n) is 5.72. The number of amides is 1. The van der Waals surface area contributed by atoms with Crippen molar-refractivity contribution in [2.45, 2.75) is 19.6 Å². The molecule has 2 rings (SSSR count). The number of aliphatic hydroxyl groups is 1. The average molecular weight is 239 g/mol. The van der Waals surface area contributed by atoms with Crippen LogP contribution in [-0.4, -0.2) is 51.8 Å². The highest BCUT2D eigenvalue weighted by atomic mass is 16.5. The van der Waals surface area contributed by atoms with E-state index in [9.17, 15) is 4.79 Å². The van der Waals surface area contributed by atoms with Gasteiger partial charge in [0.1, 0.15) is 6.04 Å². The Morgan fingerprint density at radius 1 is 1.59 bits per heavy atom. The molecule has 0 bridgehead atoms. The van der Waals surface area contributed by atoms with Gasteiger partial charge in [-0.05, 0) is 6.92 Å². The molecule has 0 saturated carbocycles. The predicted molar refractivity (Wildman–Crippen MR) is 60.3 cm³/mol. The van der Waals surface area contributed by atoms with Gasteiger partial charge in [0.25, 0.3) is 0 Å². The minimum absolute atomic E-state index is 0.0426. The van der Waals surface area contributed by atoms with Gasteiger partial charge < -0.3 is 19.3 Å². The number of nitrogens with zero attached hydrogens (tertiary/aromatic N) is 3. The summed E-state index contributed by atoms with van der Waals surface area (Å²) in [4.78, 5) is 17.9. The number of rotatable bonds is 3. The van der Waals surface area contributed by atoms with Crippen LogP contribution in [0.15, 0.2) is 12.5 Å². The van der Waals surface area contributed by atoms with Gasteiger partial charge in [0.2, 0.25) is 5.91 Å². The molecule has 1 fully saturated rings. The van der Waals surface area contributed by atoms with Gasteiger partial charge >= 0.3 is 0 Å². The van der Waals surface area contributed by atoms with Gasteiger partial charge in [0.15, 0.2) is 0 Å². The molecule has 0 aromatic carbocycles. The summed E-state index contributed by atoms with van der Waals surface area (Å²) in [5.41, 5.74) is 0.652. The van der Waals surface area contributed by atoms with Crippen molar-refractivity contribution in [3.63, 3.8) is 0 Å². The lowest BCUT2D eigenvalue weighted by molar-refractivity contribution is -0.138. The van der Waals surface area contributed by atoms with Gasteiger partial charge in [-0.3, -0.25) is 4.79 Å².